The number of benzene rings is 1. The van der Waals surface area contributed by atoms with Crippen LogP contribution in [-0.4, -0.2) is 21.9 Å². The Balaban J connectivity index is 1.48. The molecule has 2 heterocycles. The topological polar surface area (TPSA) is 68.0 Å². The predicted molar refractivity (Wildman–Crippen MR) is 91.6 cm³/mol. The zero-order chi connectivity index (χ0) is 16.1. The number of hydrogen-bond acceptors (Lipinski definition) is 6. The molecule has 3 rings (SSSR count). The van der Waals surface area contributed by atoms with Gasteiger partial charge in [0.1, 0.15) is 0 Å². The molecule has 0 fully saturated rings. The summed E-state index contributed by atoms with van der Waals surface area (Å²) in [7, 11) is 0. The van der Waals surface area contributed by atoms with Gasteiger partial charge in [0.05, 0.1) is 16.6 Å². The molecule has 0 bridgehead atoms. The molecule has 1 amide bonds. The molecule has 5 nitrogen and oxygen atoms in total. The first-order valence-corrected chi connectivity index (χ1v) is 8.91. The van der Waals surface area contributed by atoms with E-state index in [1.54, 1.807) is 0 Å². The molecule has 0 spiro atoms. The Morgan fingerprint density at radius 2 is 2.04 bits per heavy atom. The van der Waals surface area contributed by atoms with Crippen molar-refractivity contribution in [3.8, 4) is 11.5 Å². The lowest BCUT2D eigenvalue weighted by Gasteiger charge is -2.01. The van der Waals surface area contributed by atoms with Crippen LogP contribution in [0.2, 0.25) is 4.34 Å². The number of hydrogen-bond donors (Lipinski definition) is 1. The van der Waals surface area contributed by atoms with Crippen molar-refractivity contribution in [3.63, 3.8) is 0 Å². The zero-order valence-electron chi connectivity index (χ0n) is 11.9. The number of nitrogens with zero attached hydrogens (tertiary/aromatic N) is 2. The van der Waals surface area contributed by atoms with Gasteiger partial charge in [-0.15, -0.1) is 21.5 Å². The van der Waals surface area contributed by atoms with E-state index in [1.807, 2.05) is 42.5 Å². The van der Waals surface area contributed by atoms with Gasteiger partial charge in [-0.25, -0.2) is 0 Å². The minimum Gasteiger partial charge on any atom is -0.411 e. The fourth-order valence-corrected chi connectivity index (χ4v) is 3.40. The van der Waals surface area contributed by atoms with Gasteiger partial charge in [-0.05, 0) is 24.3 Å². The highest BCUT2D eigenvalue weighted by Crippen LogP contribution is 2.23. The lowest BCUT2D eigenvalue weighted by molar-refractivity contribution is -0.118. The SMILES string of the molecule is O=C(CSc1nnc(-c2ccccc2)o1)NCc1ccc(Cl)s1. The number of carbonyl (C=O) groups excluding carboxylic acids is 1. The molecule has 8 heteroatoms. The van der Waals surface area contributed by atoms with E-state index in [0.717, 1.165) is 10.4 Å². The second-order valence-electron chi connectivity index (χ2n) is 4.51. The average Bonchev–Trinajstić information content (AvgIpc) is 3.21. The number of nitrogens with one attached hydrogen (secondary N) is 1. The van der Waals surface area contributed by atoms with Crippen LogP contribution in [0.15, 0.2) is 52.1 Å². The Morgan fingerprint density at radius 3 is 2.78 bits per heavy atom. The van der Waals surface area contributed by atoms with Crippen molar-refractivity contribution < 1.29 is 9.21 Å². The van der Waals surface area contributed by atoms with E-state index in [2.05, 4.69) is 15.5 Å². The second kappa shape index (κ2) is 7.63. The van der Waals surface area contributed by atoms with E-state index >= 15 is 0 Å². The van der Waals surface area contributed by atoms with Crippen LogP contribution in [0.1, 0.15) is 4.88 Å². The smallest absolute Gasteiger partial charge is 0.277 e. The Labute approximate surface area is 146 Å². The zero-order valence-corrected chi connectivity index (χ0v) is 14.2. The fourth-order valence-electron chi connectivity index (χ4n) is 1.78. The summed E-state index contributed by atoms with van der Waals surface area (Å²) < 4.78 is 6.24. The molecule has 2 aromatic heterocycles. The van der Waals surface area contributed by atoms with Gasteiger partial charge in [-0.1, -0.05) is 41.6 Å². The molecule has 118 valence electrons. The number of aromatic nitrogens is 2. The molecule has 0 radical (unpaired) electrons. The monoisotopic (exact) mass is 365 g/mol. The van der Waals surface area contributed by atoms with Crippen LogP contribution < -0.4 is 5.32 Å². The number of thioether (sulfide) groups is 1. The average molecular weight is 366 g/mol. The maximum Gasteiger partial charge on any atom is 0.277 e. The van der Waals surface area contributed by atoms with Gasteiger partial charge >= 0.3 is 0 Å². The number of thiophene rings is 1. The molecule has 0 aliphatic rings. The fraction of sp³-hybridized carbons (Fsp3) is 0.133. The largest absolute Gasteiger partial charge is 0.411 e. The third kappa shape index (κ3) is 4.57. The van der Waals surface area contributed by atoms with E-state index in [1.165, 1.54) is 23.1 Å². The van der Waals surface area contributed by atoms with Crippen molar-refractivity contribution in [2.24, 2.45) is 0 Å². The van der Waals surface area contributed by atoms with Crippen LogP contribution in [0.3, 0.4) is 0 Å². The summed E-state index contributed by atoms with van der Waals surface area (Å²) in [5.74, 6) is 0.566. The summed E-state index contributed by atoms with van der Waals surface area (Å²) in [6.07, 6.45) is 0. The van der Waals surface area contributed by atoms with Gasteiger partial charge in [0.25, 0.3) is 5.22 Å². The summed E-state index contributed by atoms with van der Waals surface area (Å²) in [5, 5.41) is 11.1. The summed E-state index contributed by atoms with van der Waals surface area (Å²) in [4.78, 5) is 12.8. The van der Waals surface area contributed by atoms with E-state index in [-0.39, 0.29) is 11.7 Å². The maximum absolute atomic E-state index is 11.8. The van der Waals surface area contributed by atoms with Gasteiger partial charge in [0.15, 0.2) is 0 Å². The van der Waals surface area contributed by atoms with Gasteiger partial charge in [-0.2, -0.15) is 0 Å². The first kappa shape index (κ1) is 16.0. The minimum absolute atomic E-state index is 0.0982. The van der Waals surface area contributed by atoms with Crippen molar-refractivity contribution in [1.29, 1.82) is 0 Å². The molecule has 0 atom stereocenters. The molecule has 1 N–H and O–H groups in total. The van der Waals surface area contributed by atoms with Crippen LogP contribution in [0.5, 0.6) is 0 Å². The minimum atomic E-state index is -0.0982. The van der Waals surface area contributed by atoms with E-state index < -0.39 is 0 Å². The molecule has 23 heavy (non-hydrogen) atoms. The Bertz CT molecular complexity index is 789. The highest BCUT2D eigenvalue weighted by atomic mass is 35.5. The molecule has 0 aliphatic heterocycles. The quantitative estimate of drug-likeness (QED) is 0.672. The number of rotatable bonds is 6. The van der Waals surface area contributed by atoms with Crippen molar-refractivity contribution in [2.75, 3.05) is 5.75 Å². The van der Waals surface area contributed by atoms with Gasteiger partial charge < -0.3 is 9.73 Å². The lowest BCUT2D eigenvalue weighted by Crippen LogP contribution is -2.24. The molecule has 0 aliphatic carbocycles. The maximum atomic E-state index is 11.8. The van der Waals surface area contributed by atoms with E-state index in [9.17, 15) is 4.79 Å². The van der Waals surface area contributed by atoms with Crippen molar-refractivity contribution in [1.82, 2.24) is 15.5 Å². The molecule has 3 aromatic rings. The number of amides is 1. The number of halogens is 1. The standard InChI is InChI=1S/C15H12ClN3O2S2/c16-12-7-6-11(23-12)8-17-13(20)9-22-15-19-18-14(21-15)10-4-2-1-3-5-10/h1-7H,8-9H2,(H,17,20). The Hall–Kier alpha value is -1.83. The summed E-state index contributed by atoms with van der Waals surface area (Å²) in [5.41, 5.74) is 0.853. The van der Waals surface area contributed by atoms with Crippen LogP contribution in [0, 0.1) is 0 Å². The van der Waals surface area contributed by atoms with Crippen LogP contribution >= 0.6 is 34.7 Å². The molecule has 0 saturated heterocycles. The summed E-state index contributed by atoms with van der Waals surface area (Å²) >= 11 is 8.50. The highest BCUT2D eigenvalue weighted by molar-refractivity contribution is 7.99. The predicted octanol–water partition coefficient (Wildman–Crippen LogP) is 3.86. The van der Waals surface area contributed by atoms with Gasteiger partial charge in [0.2, 0.25) is 11.8 Å². The summed E-state index contributed by atoms with van der Waals surface area (Å²) in [6, 6.07) is 13.2. The van der Waals surface area contributed by atoms with Crippen LogP contribution in [0.4, 0.5) is 0 Å². The Morgan fingerprint density at radius 1 is 1.22 bits per heavy atom. The summed E-state index contributed by atoms with van der Waals surface area (Å²) in [6.45, 7) is 0.468. The third-order valence-electron chi connectivity index (χ3n) is 2.84. The van der Waals surface area contributed by atoms with Crippen LogP contribution in [-0.2, 0) is 11.3 Å². The Kier molecular flexibility index (Phi) is 5.32. The molecule has 1 aromatic carbocycles. The number of carbonyl (C=O) groups is 1. The first-order chi connectivity index (χ1) is 11.2. The van der Waals surface area contributed by atoms with Gasteiger partial charge in [-0.3, -0.25) is 4.79 Å². The molecular formula is C15H12ClN3O2S2. The highest BCUT2D eigenvalue weighted by Gasteiger charge is 2.11. The molecule has 0 saturated carbocycles. The first-order valence-electron chi connectivity index (χ1n) is 6.73. The van der Waals surface area contributed by atoms with Gasteiger partial charge in [0, 0.05) is 10.4 Å². The second-order valence-corrected chi connectivity index (χ2v) is 7.24. The van der Waals surface area contributed by atoms with Crippen LogP contribution in [0.25, 0.3) is 11.5 Å². The van der Waals surface area contributed by atoms with Crippen molar-refractivity contribution >= 4 is 40.6 Å². The third-order valence-corrected chi connectivity index (χ3v) is 4.89. The molecule has 0 unspecified atom stereocenters. The normalized spacial score (nSPS) is 10.7. The van der Waals surface area contributed by atoms with Crippen molar-refractivity contribution in [2.45, 2.75) is 11.8 Å². The lowest BCUT2D eigenvalue weighted by atomic mass is 10.2. The van der Waals surface area contributed by atoms with E-state index in [0.29, 0.717) is 22.0 Å². The van der Waals surface area contributed by atoms with E-state index in [4.69, 9.17) is 16.0 Å². The molecular weight excluding hydrogens is 354 g/mol. The van der Waals surface area contributed by atoms with Crippen molar-refractivity contribution in [3.05, 3.63) is 51.7 Å².